The normalized spacial score (nSPS) is 22.1. The van der Waals surface area contributed by atoms with Gasteiger partial charge in [0, 0.05) is 73.2 Å². The molecular formula is C31H43F4N5O3S2. The van der Waals surface area contributed by atoms with E-state index in [4.69, 9.17) is 5.10 Å². The number of alkyl halides is 4. The van der Waals surface area contributed by atoms with Gasteiger partial charge in [0.15, 0.2) is 0 Å². The summed E-state index contributed by atoms with van der Waals surface area (Å²) in [5.41, 5.74) is 1.76. The summed E-state index contributed by atoms with van der Waals surface area (Å²) in [6.07, 6.45) is -0.0469. The van der Waals surface area contributed by atoms with Crippen LogP contribution in [0.2, 0.25) is 0 Å². The zero-order valence-corrected chi connectivity index (χ0v) is 27.2. The Kier molecular flexibility index (Phi) is 10.2. The molecule has 1 aromatic heterocycles. The molecule has 1 saturated carbocycles. The number of piperidine rings is 2. The second-order valence-corrected chi connectivity index (χ2v) is 16.2. The van der Waals surface area contributed by atoms with E-state index >= 15 is 0 Å². The van der Waals surface area contributed by atoms with Crippen LogP contribution in [0.4, 0.5) is 17.6 Å². The van der Waals surface area contributed by atoms with Crippen molar-refractivity contribution in [2.45, 2.75) is 93.1 Å². The van der Waals surface area contributed by atoms with Crippen LogP contribution in [0.15, 0.2) is 23.1 Å². The molecule has 45 heavy (non-hydrogen) atoms. The number of rotatable bonds is 11. The first kappa shape index (κ1) is 33.2. The molecule has 1 N–H and O–H groups in total. The van der Waals surface area contributed by atoms with E-state index in [1.54, 1.807) is 4.68 Å². The van der Waals surface area contributed by atoms with Gasteiger partial charge in [0.05, 0.1) is 29.2 Å². The summed E-state index contributed by atoms with van der Waals surface area (Å²) in [4.78, 5) is 4.42. The number of benzene rings is 1. The van der Waals surface area contributed by atoms with Crippen LogP contribution in [0.5, 0.6) is 0 Å². The third kappa shape index (κ3) is 7.89. The number of sulfonamides is 1. The van der Waals surface area contributed by atoms with Crippen LogP contribution >= 0.6 is 11.8 Å². The maximum atomic E-state index is 14.1. The van der Waals surface area contributed by atoms with Crippen molar-refractivity contribution < 1.29 is 31.1 Å². The first-order valence-corrected chi connectivity index (χ1v) is 18.7. The third-order valence-corrected chi connectivity index (χ3v) is 12.8. The molecule has 2 aromatic rings. The highest BCUT2D eigenvalue weighted by atomic mass is 32.2. The largest absolute Gasteiger partial charge is 0.417 e. The minimum atomic E-state index is -4.54. The van der Waals surface area contributed by atoms with E-state index < -0.39 is 34.0 Å². The average Bonchev–Trinajstić information content (AvgIpc) is 3.81. The standard InChI is InChI=1S/C31H43F4N5O3S2/c32-23-8-13-37(14-9-23)16-17-44-29-18-22(4-7-27(29)31(33,34)35)30-26-21-39(45(42,43)25-5-6-25)15-10-28(26)40(36-30)20-24(41)19-38-11-2-1-3-12-38/h4,7,18,23-25,41H,1-3,5-6,8-17,19-21H2/t24-/m0/s1. The van der Waals surface area contributed by atoms with E-state index in [0.29, 0.717) is 87.4 Å². The minimum Gasteiger partial charge on any atom is -0.390 e. The Balaban J connectivity index is 1.28. The van der Waals surface area contributed by atoms with Gasteiger partial charge in [-0.2, -0.15) is 22.6 Å². The number of β-amino-alcohol motifs (C(OH)–C–C–N with tert-alkyl or cyclic N) is 1. The Hall–Kier alpha value is -1.71. The maximum absolute atomic E-state index is 14.1. The second-order valence-electron chi connectivity index (χ2n) is 12.9. The number of hydrogen-bond acceptors (Lipinski definition) is 7. The van der Waals surface area contributed by atoms with E-state index in [0.717, 1.165) is 49.5 Å². The molecule has 4 heterocycles. The molecule has 250 valence electrons. The minimum absolute atomic E-state index is 0.0899. The maximum Gasteiger partial charge on any atom is 0.417 e. The quantitative estimate of drug-likeness (QED) is 0.272. The number of aromatic nitrogens is 2. The van der Waals surface area contributed by atoms with Gasteiger partial charge < -0.3 is 14.9 Å². The smallest absolute Gasteiger partial charge is 0.390 e. The van der Waals surface area contributed by atoms with Crippen LogP contribution < -0.4 is 0 Å². The molecule has 14 heteroatoms. The second kappa shape index (κ2) is 13.8. The lowest BCUT2D eigenvalue weighted by Crippen LogP contribution is -2.40. The monoisotopic (exact) mass is 673 g/mol. The Bertz CT molecular complexity index is 1440. The molecule has 3 fully saturated rings. The molecule has 1 aliphatic carbocycles. The SMILES string of the molecule is O=S(=O)(C1CC1)N1CCc2c(c(-c3ccc(C(F)(F)F)c(SCCN4CCC(F)CC4)c3)nn2C[C@@H](O)CN2CCCCC2)C1. The van der Waals surface area contributed by atoms with E-state index in [-0.39, 0.29) is 23.2 Å². The van der Waals surface area contributed by atoms with Crippen molar-refractivity contribution in [2.24, 2.45) is 0 Å². The first-order valence-electron chi connectivity index (χ1n) is 16.2. The fourth-order valence-corrected chi connectivity index (χ4v) is 9.70. The number of thioether (sulfide) groups is 1. The molecule has 0 unspecified atom stereocenters. The summed E-state index contributed by atoms with van der Waals surface area (Å²) >= 11 is 1.13. The van der Waals surface area contributed by atoms with Crippen molar-refractivity contribution in [1.29, 1.82) is 0 Å². The third-order valence-electron chi connectivity index (χ3n) is 9.45. The van der Waals surface area contributed by atoms with Crippen LogP contribution in [-0.4, -0.2) is 107 Å². The number of nitrogens with zero attached hydrogens (tertiary/aromatic N) is 5. The van der Waals surface area contributed by atoms with E-state index in [9.17, 15) is 31.1 Å². The van der Waals surface area contributed by atoms with Crippen LogP contribution in [-0.2, 0) is 35.7 Å². The van der Waals surface area contributed by atoms with E-state index in [2.05, 4.69) is 9.80 Å². The van der Waals surface area contributed by atoms with Gasteiger partial charge in [-0.15, -0.1) is 11.8 Å². The van der Waals surface area contributed by atoms with Crippen molar-refractivity contribution >= 4 is 21.8 Å². The highest BCUT2D eigenvalue weighted by Crippen LogP contribution is 2.41. The molecule has 2 saturated heterocycles. The van der Waals surface area contributed by atoms with Gasteiger partial charge in [-0.05, 0) is 63.7 Å². The van der Waals surface area contributed by atoms with Crippen molar-refractivity contribution in [2.75, 3.05) is 51.6 Å². The summed E-state index contributed by atoms with van der Waals surface area (Å²) in [6.45, 7) is 4.80. The Morgan fingerprint density at radius 3 is 2.40 bits per heavy atom. The molecule has 1 aromatic carbocycles. The molecule has 0 bridgehead atoms. The summed E-state index contributed by atoms with van der Waals surface area (Å²) in [5.74, 6) is 0.423. The average molecular weight is 674 g/mol. The van der Waals surface area contributed by atoms with Gasteiger partial charge in [0.1, 0.15) is 6.17 Å². The predicted octanol–water partition coefficient (Wildman–Crippen LogP) is 4.79. The number of hydrogen-bond donors (Lipinski definition) is 1. The summed E-state index contributed by atoms with van der Waals surface area (Å²) in [6, 6.07) is 4.03. The van der Waals surface area contributed by atoms with Crippen LogP contribution in [0.3, 0.4) is 0 Å². The highest BCUT2D eigenvalue weighted by molar-refractivity contribution is 7.99. The number of fused-ring (bicyclic) bond motifs is 1. The summed E-state index contributed by atoms with van der Waals surface area (Å²) in [7, 11) is -3.46. The number of likely N-dealkylation sites (tertiary alicyclic amines) is 2. The molecule has 0 spiro atoms. The molecule has 8 nitrogen and oxygen atoms in total. The summed E-state index contributed by atoms with van der Waals surface area (Å²) < 4.78 is 85.4. The Labute approximate surface area is 267 Å². The molecule has 3 aliphatic heterocycles. The number of halogens is 4. The van der Waals surface area contributed by atoms with Crippen molar-refractivity contribution in [3.63, 3.8) is 0 Å². The van der Waals surface area contributed by atoms with Gasteiger partial charge in [-0.1, -0.05) is 12.5 Å². The van der Waals surface area contributed by atoms with Gasteiger partial charge in [0.2, 0.25) is 10.0 Å². The number of aliphatic hydroxyl groups is 1. The molecule has 0 radical (unpaired) electrons. The molecule has 6 rings (SSSR count). The summed E-state index contributed by atoms with van der Waals surface area (Å²) in [5, 5.41) is 15.5. The van der Waals surface area contributed by atoms with Crippen LogP contribution in [0.1, 0.15) is 61.8 Å². The number of aliphatic hydroxyl groups excluding tert-OH is 1. The first-order chi connectivity index (χ1) is 21.5. The molecular weight excluding hydrogens is 630 g/mol. The fraction of sp³-hybridized carbons (Fsp3) is 0.710. The van der Waals surface area contributed by atoms with E-state index in [1.807, 2.05) is 0 Å². The predicted molar refractivity (Wildman–Crippen MR) is 166 cm³/mol. The lowest BCUT2D eigenvalue weighted by atomic mass is 10.0. The van der Waals surface area contributed by atoms with Gasteiger partial charge in [-0.25, -0.2) is 12.8 Å². The molecule has 1 atom stereocenters. The fourth-order valence-electron chi connectivity index (χ4n) is 6.77. The van der Waals surface area contributed by atoms with Gasteiger partial charge in [0.25, 0.3) is 0 Å². The lowest BCUT2D eigenvalue weighted by Gasteiger charge is -2.29. The Morgan fingerprint density at radius 1 is 0.978 bits per heavy atom. The van der Waals surface area contributed by atoms with E-state index in [1.165, 1.54) is 22.9 Å². The Morgan fingerprint density at radius 2 is 1.71 bits per heavy atom. The van der Waals surface area contributed by atoms with Gasteiger partial charge in [-0.3, -0.25) is 4.68 Å². The van der Waals surface area contributed by atoms with Crippen molar-refractivity contribution in [3.05, 3.63) is 35.0 Å². The lowest BCUT2D eigenvalue weighted by molar-refractivity contribution is -0.139. The zero-order chi connectivity index (χ0) is 31.8. The molecule has 4 aliphatic rings. The van der Waals surface area contributed by atoms with Crippen molar-refractivity contribution in [3.8, 4) is 11.3 Å². The molecule has 0 amide bonds. The van der Waals surface area contributed by atoms with Crippen LogP contribution in [0, 0.1) is 0 Å². The van der Waals surface area contributed by atoms with Gasteiger partial charge >= 0.3 is 6.18 Å². The highest BCUT2D eigenvalue weighted by Gasteiger charge is 2.42. The zero-order valence-electron chi connectivity index (χ0n) is 25.5. The van der Waals surface area contributed by atoms with Crippen molar-refractivity contribution in [1.82, 2.24) is 23.9 Å². The van der Waals surface area contributed by atoms with Crippen LogP contribution in [0.25, 0.3) is 11.3 Å². The topological polar surface area (TPSA) is 81.9 Å².